The van der Waals surface area contributed by atoms with Gasteiger partial charge in [-0.3, -0.25) is 14.8 Å². The molecule has 2 aliphatic heterocycles. The Morgan fingerprint density at radius 1 is 1.26 bits per heavy atom. The van der Waals surface area contributed by atoms with Crippen LogP contribution in [0.25, 0.3) is 0 Å². The van der Waals surface area contributed by atoms with Crippen molar-refractivity contribution in [2.75, 3.05) is 13.4 Å². The highest BCUT2D eigenvalue weighted by atomic mass is 16.7. The molecule has 140 valence electrons. The van der Waals surface area contributed by atoms with E-state index in [0.29, 0.717) is 17.1 Å². The molecule has 4 rings (SSSR count). The maximum atomic E-state index is 12.5. The van der Waals surface area contributed by atoms with Crippen LogP contribution in [0.15, 0.2) is 39.2 Å². The van der Waals surface area contributed by atoms with Crippen LogP contribution >= 0.6 is 0 Å². The molecule has 0 amide bonds. The molecular formula is C17H15N3O7. The number of hydrogen-bond donors (Lipinski definition) is 3. The van der Waals surface area contributed by atoms with E-state index in [1.54, 1.807) is 25.1 Å². The zero-order valence-electron chi connectivity index (χ0n) is 14.2. The van der Waals surface area contributed by atoms with Gasteiger partial charge in [-0.2, -0.15) is 0 Å². The first-order valence-electron chi connectivity index (χ1n) is 8.10. The molecule has 3 heterocycles. The third kappa shape index (κ3) is 2.71. The van der Waals surface area contributed by atoms with Crippen LogP contribution in [0, 0.1) is 0 Å². The molecule has 4 N–H and O–H groups in total. The zero-order chi connectivity index (χ0) is 19.1. The molecule has 1 aromatic carbocycles. The van der Waals surface area contributed by atoms with Crippen LogP contribution in [-0.4, -0.2) is 29.3 Å². The van der Waals surface area contributed by atoms with Crippen molar-refractivity contribution in [1.82, 2.24) is 9.97 Å². The van der Waals surface area contributed by atoms with E-state index in [4.69, 9.17) is 24.7 Å². The monoisotopic (exact) mass is 373 g/mol. The predicted octanol–water partition coefficient (Wildman–Crippen LogP) is 0.0496. The highest BCUT2D eigenvalue weighted by molar-refractivity contribution is 5.92. The lowest BCUT2D eigenvalue weighted by Gasteiger charge is -2.27. The maximum Gasteiger partial charge on any atom is 0.340 e. The number of nitrogens with two attached hydrogens (primary N) is 1. The SMILES string of the molecule is CCOC(=O)C1=C(N)Oc2[nH]c(=O)[nH]c(=O)c2[C@@H]1c1ccc2c(c1)OCO2. The second-order valence-electron chi connectivity index (χ2n) is 5.80. The van der Waals surface area contributed by atoms with Crippen molar-refractivity contribution in [3.05, 3.63) is 61.6 Å². The van der Waals surface area contributed by atoms with Gasteiger partial charge in [0.25, 0.3) is 5.56 Å². The standard InChI is InChI=1S/C17H15N3O7/c1-2-24-16(22)11-10(7-3-4-8-9(5-7)26-6-25-8)12-14(21)19-17(23)20-15(12)27-13(11)18/h3-5,10H,2,6,18H2,1H3,(H2,19,20,21,23)/t10-/m1/s1. The van der Waals surface area contributed by atoms with Crippen molar-refractivity contribution in [3.8, 4) is 17.4 Å². The number of esters is 1. The lowest BCUT2D eigenvalue weighted by Crippen LogP contribution is -2.35. The number of fused-ring (bicyclic) bond motifs is 2. The number of rotatable bonds is 3. The topological polar surface area (TPSA) is 146 Å². The summed E-state index contributed by atoms with van der Waals surface area (Å²) in [4.78, 5) is 41.2. The van der Waals surface area contributed by atoms with E-state index in [1.807, 2.05) is 0 Å². The minimum Gasteiger partial charge on any atom is -0.462 e. The first-order valence-corrected chi connectivity index (χ1v) is 8.10. The molecule has 10 nitrogen and oxygen atoms in total. The van der Waals surface area contributed by atoms with Crippen molar-refractivity contribution in [2.45, 2.75) is 12.8 Å². The van der Waals surface area contributed by atoms with Crippen molar-refractivity contribution >= 4 is 5.97 Å². The van der Waals surface area contributed by atoms with Crippen LogP contribution in [0.3, 0.4) is 0 Å². The van der Waals surface area contributed by atoms with E-state index in [-0.39, 0.29) is 36.3 Å². The summed E-state index contributed by atoms with van der Waals surface area (Å²) in [5.41, 5.74) is 4.99. The lowest BCUT2D eigenvalue weighted by atomic mass is 9.84. The second kappa shape index (κ2) is 6.24. The van der Waals surface area contributed by atoms with Crippen molar-refractivity contribution < 1.29 is 23.7 Å². The van der Waals surface area contributed by atoms with Crippen LogP contribution in [0.4, 0.5) is 0 Å². The Bertz CT molecular complexity index is 1080. The summed E-state index contributed by atoms with van der Waals surface area (Å²) in [5, 5.41) is 0. The molecule has 0 spiro atoms. The highest BCUT2D eigenvalue weighted by Crippen LogP contribution is 2.42. The molecule has 2 aliphatic rings. The molecule has 2 aromatic rings. The zero-order valence-corrected chi connectivity index (χ0v) is 14.2. The fraction of sp³-hybridized carbons (Fsp3) is 0.235. The van der Waals surface area contributed by atoms with E-state index in [9.17, 15) is 14.4 Å². The van der Waals surface area contributed by atoms with Crippen LogP contribution in [0.5, 0.6) is 17.4 Å². The third-order valence-corrected chi connectivity index (χ3v) is 4.22. The Hall–Kier alpha value is -3.69. The van der Waals surface area contributed by atoms with Gasteiger partial charge >= 0.3 is 11.7 Å². The van der Waals surface area contributed by atoms with Crippen molar-refractivity contribution in [1.29, 1.82) is 0 Å². The molecule has 0 aliphatic carbocycles. The molecule has 0 radical (unpaired) electrons. The van der Waals surface area contributed by atoms with Gasteiger partial charge in [0.05, 0.1) is 18.1 Å². The van der Waals surface area contributed by atoms with Gasteiger partial charge in [0.1, 0.15) is 5.57 Å². The first-order chi connectivity index (χ1) is 13.0. The van der Waals surface area contributed by atoms with E-state index < -0.39 is 23.1 Å². The number of H-pyrrole nitrogens is 2. The number of benzene rings is 1. The molecule has 0 unspecified atom stereocenters. The number of aromatic nitrogens is 2. The van der Waals surface area contributed by atoms with E-state index in [1.165, 1.54) is 0 Å². The normalized spacial score (nSPS) is 17.3. The Labute approximate surface area is 151 Å². The van der Waals surface area contributed by atoms with Gasteiger partial charge in [0.15, 0.2) is 11.5 Å². The summed E-state index contributed by atoms with van der Waals surface area (Å²) in [6, 6.07) is 4.97. The van der Waals surface area contributed by atoms with Crippen LogP contribution in [0.1, 0.15) is 24.0 Å². The molecule has 10 heteroatoms. The van der Waals surface area contributed by atoms with Crippen molar-refractivity contribution in [3.63, 3.8) is 0 Å². The molecule has 0 saturated carbocycles. The Kier molecular flexibility index (Phi) is 3.87. The van der Waals surface area contributed by atoms with Crippen LogP contribution in [-0.2, 0) is 9.53 Å². The number of aromatic amines is 2. The quantitative estimate of drug-likeness (QED) is 0.640. The minimum atomic E-state index is -0.928. The minimum absolute atomic E-state index is 0.0331. The molecule has 1 atom stereocenters. The molecule has 0 fully saturated rings. The van der Waals surface area contributed by atoms with E-state index in [0.717, 1.165) is 0 Å². The average Bonchev–Trinajstić information content (AvgIpc) is 3.07. The molecular weight excluding hydrogens is 358 g/mol. The molecule has 27 heavy (non-hydrogen) atoms. The predicted molar refractivity (Wildman–Crippen MR) is 90.6 cm³/mol. The highest BCUT2D eigenvalue weighted by Gasteiger charge is 2.38. The second-order valence-corrected chi connectivity index (χ2v) is 5.80. The fourth-order valence-electron chi connectivity index (χ4n) is 3.12. The van der Waals surface area contributed by atoms with Gasteiger partial charge in [-0.25, -0.2) is 9.59 Å². The van der Waals surface area contributed by atoms with Gasteiger partial charge in [0, 0.05) is 0 Å². The Morgan fingerprint density at radius 2 is 2.04 bits per heavy atom. The number of ether oxygens (including phenoxy) is 4. The van der Waals surface area contributed by atoms with Gasteiger partial charge in [-0.15, -0.1) is 0 Å². The summed E-state index contributed by atoms with van der Waals surface area (Å²) in [7, 11) is 0. The van der Waals surface area contributed by atoms with E-state index in [2.05, 4.69) is 9.97 Å². The van der Waals surface area contributed by atoms with Gasteiger partial charge in [-0.1, -0.05) is 6.07 Å². The number of nitrogens with one attached hydrogen (secondary N) is 2. The van der Waals surface area contributed by atoms with Crippen LogP contribution in [0.2, 0.25) is 0 Å². The van der Waals surface area contributed by atoms with Crippen molar-refractivity contribution in [2.24, 2.45) is 5.73 Å². The summed E-state index contributed by atoms with van der Waals surface area (Å²) in [6.07, 6.45) is 0. The van der Waals surface area contributed by atoms with E-state index >= 15 is 0 Å². The third-order valence-electron chi connectivity index (χ3n) is 4.22. The molecule has 0 bridgehead atoms. The summed E-state index contributed by atoms with van der Waals surface area (Å²) in [5.74, 6) is -1.04. The summed E-state index contributed by atoms with van der Waals surface area (Å²) < 4.78 is 21.1. The average molecular weight is 373 g/mol. The first kappa shape index (κ1) is 16.8. The largest absolute Gasteiger partial charge is 0.462 e. The Balaban J connectivity index is 1.95. The summed E-state index contributed by atoms with van der Waals surface area (Å²) in [6.45, 7) is 1.82. The van der Waals surface area contributed by atoms with Gasteiger partial charge in [-0.05, 0) is 24.6 Å². The number of hydrogen-bond acceptors (Lipinski definition) is 8. The molecule has 1 aromatic heterocycles. The van der Waals surface area contributed by atoms with Gasteiger partial charge in [0.2, 0.25) is 18.6 Å². The number of carbonyl (C=O) groups excluding carboxylic acids is 1. The lowest BCUT2D eigenvalue weighted by molar-refractivity contribution is -0.139. The smallest absolute Gasteiger partial charge is 0.340 e. The maximum absolute atomic E-state index is 12.5. The fourth-order valence-corrected chi connectivity index (χ4v) is 3.12. The molecule has 0 saturated heterocycles. The Morgan fingerprint density at radius 3 is 2.81 bits per heavy atom. The van der Waals surface area contributed by atoms with Crippen LogP contribution < -0.4 is 31.2 Å². The summed E-state index contributed by atoms with van der Waals surface area (Å²) >= 11 is 0. The van der Waals surface area contributed by atoms with Gasteiger partial charge < -0.3 is 24.7 Å². The number of carbonyl (C=O) groups is 1.